The molecule has 0 aliphatic heterocycles. The fourth-order valence-corrected chi connectivity index (χ4v) is 4.11. The molecule has 0 saturated heterocycles. The number of fused-ring (bicyclic) bond motifs is 1. The summed E-state index contributed by atoms with van der Waals surface area (Å²) < 4.78 is 23.8. The second-order valence-electron chi connectivity index (χ2n) is 5.75. The predicted octanol–water partition coefficient (Wildman–Crippen LogP) is 3.22. The number of carbonyl (C=O) groups excluding carboxylic acids is 2. The Hall–Kier alpha value is -3.09. The van der Waals surface area contributed by atoms with E-state index in [-0.39, 0.29) is 26.3 Å². The second-order valence-corrected chi connectivity index (χ2v) is 9.20. The van der Waals surface area contributed by atoms with E-state index in [2.05, 4.69) is 10.3 Å². The van der Waals surface area contributed by atoms with Gasteiger partial charge < -0.3 is 0 Å². The maximum atomic E-state index is 12.2. The number of amides is 3. The minimum absolute atomic E-state index is 0.0609. The van der Waals surface area contributed by atoms with Crippen LogP contribution >= 0.6 is 22.9 Å². The number of hydrogen-bond donors (Lipinski definition) is 2. The molecule has 1 aromatic heterocycles. The zero-order valence-corrected chi connectivity index (χ0v) is 16.9. The van der Waals surface area contributed by atoms with Crippen molar-refractivity contribution in [1.29, 1.82) is 0 Å². The van der Waals surface area contributed by atoms with Crippen LogP contribution in [0.5, 0.6) is 0 Å². The molecule has 3 aromatic rings. The number of hydrogen-bond acceptors (Lipinski definition) is 8. The minimum Gasteiger partial charge on any atom is -0.283 e. The van der Waals surface area contributed by atoms with E-state index in [0.29, 0.717) is 10.2 Å². The number of nitrogens with one attached hydrogen (secondary N) is 2. The van der Waals surface area contributed by atoms with Crippen molar-refractivity contribution in [2.45, 2.75) is 4.90 Å². The van der Waals surface area contributed by atoms with E-state index >= 15 is 0 Å². The molecule has 1 heterocycles. The summed E-state index contributed by atoms with van der Waals surface area (Å²) in [7, 11) is -3.39. The van der Waals surface area contributed by atoms with Gasteiger partial charge >= 0.3 is 6.03 Å². The van der Waals surface area contributed by atoms with Gasteiger partial charge in [-0.1, -0.05) is 22.9 Å². The summed E-state index contributed by atoms with van der Waals surface area (Å²) in [4.78, 5) is 38.7. The SMILES string of the molecule is CS(=O)(=O)c1ccc2nc(NC(=O)NC(=O)c3cc([N+](=O)[O-])ccc3Cl)sc2c1. The summed E-state index contributed by atoms with van der Waals surface area (Å²) in [6.07, 6.45) is 1.08. The Morgan fingerprint density at radius 2 is 1.93 bits per heavy atom. The first-order valence-electron chi connectivity index (χ1n) is 7.71. The van der Waals surface area contributed by atoms with Crippen LogP contribution in [0.25, 0.3) is 10.2 Å². The third-order valence-corrected chi connectivity index (χ3v) is 6.01. The van der Waals surface area contributed by atoms with Crippen LogP contribution in [-0.2, 0) is 9.84 Å². The van der Waals surface area contributed by atoms with Crippen molar-refractivity contribution in [3.63, 3.8) is 0 Å². The Kier molecular flexibility index (Phi) is 5.50. The summed E-state index contributed by atoms with van der Waals surface area (Å²) in [5, 5.41) is 15.3. The lowest BCUT2D eigenvalue weighted by Crippen LogP contribution is -2.34. The Bertz CT molecular complexity index is 1270. The molecule has 0 fully saturated rings. The molecule has 13 heteroatoms. The van der Waals surface area contributed by atoms with Crippen molar-refractivity contribution in [2.75, 3.05) is 11.6 Å². The summed E-state index contributed by atoms with van der Waals surface area (Å²) in [6.45, 7) is 0. The minimum atomic E-state index is -3.39. The van der Waals surface area contributed by atoms with Gasteiger partial charge in [0.2, 0.25) is 0 Å². The van der Waals surface area contributed by atoms with E-state index in [0.717, 1.165) is 29.7 Å². The molecule has 2 N–H and O–H groups in total. The van der Waals surface area contributed by atoms with E-state index in [1.54, 1.807) is 0 Å². The molecule has 0 saturated carbocycles. The molecule has 29 heavy (non-hydrogen) atoms. The van der Waals surface area contributed by atoms with Crippen molar-refractivity contribution in [2.24, 2.45) is 0 Å². The van der Waals surface area contributed by atoms with E-state index in [4.69, 9.17) is 11.6 Å². The van der Waals surface area contributed by atoms with Crippen molar-refractivity contribution < 1.29 is 22.9 Å². The van der Waals surface area contributed by atoms with Crippen LogP contribution < -0.4 is 10.6 Å². The van der Waals surface area contributed by atoms with Gasteiger partial charge in [-0.25, -0.2) is 18.2 Å². The summed E-state index contributed by atoms with van der Waals surface area (Å²) in [5.41, 5.74) is -0.128. The van der Waals surface area contributed by atoms with E-state index in [1.165, 1.54) is 24.3 Å². The molecule has 0 aliphatic rings. The number of aromatic nitrogens is 1. The quantitative estimate of drug-likeness (QED) is 0.454. The van der Waals surface area contributed by atoms with E-state index in [1.807, 2.05) is 5.32 Å². The standard InChI is InChI=1S/C16H11ClN4O6S2/c1-29(26,27)9-3-5-12-13(7-9)28-16(18-12)20-15(23)19-14(22)10-6-8(21(24)25)2-4-11(10)17/h2-7H,1H3,(H2,18,19,20,22,23). The fraction of sp³-hybridized carbons (Fsp3) is 0.0625. The smallest absolute Gasteiger partial charge is 0.283 e. The van der Waals surface area contributed by atoms with Crippen LogP contribution in [0, 0.1) is 10.1 Å². The number of carbonyl (C=O) groups is 2. The van der Waals surface area contributed by atoms with Crippen LogP contribution in [0.1, 0.15) is 10.4 Å². The average molecular weight is 455 g/mol. The van der Waals surface area contributed by atoms with Gasteiger partial charge in [0.05, 0.1) is 30.6 Å². The summed E-state index contributed by atoms with van der Waals surface area (Å²) >= 11 is 6.88. The molecule has 2 aromatic carbocycles. The molecule has 0 radical (unpaired) electrons. The van der Waals surface area contributed by atoms with Crippen molar-refractivity contribution in [3.05, 3.63) is 57.1 Å². The lowest BCUT2D eigenvalue weighted by Gasteiger charge is -2.06. The third-order valence-electron chi connectivity index (χ3n) is 3.64. The number of sulfone groups is 1. The van der Waals surface area contributed by atoms with Gasteiger partial charge in [-0.05, 0) is 24.3 Å². The molecule has 150 valence electrons. The number of nitro groups is 1. The monoisotopic (exact) mass is 454 g/mol. The fourth-order valence-electron chi connectivity index (χ4n) is 2.29. The van der Waals surface area contributed by atoms with Crippen LogP contribution in [0.4, 0.5) is 15.6 Å². The number of anilines is 1. The average Bonchev–Trinajstić information content (AvgIpc) is 3.01. The number of nitro benzene ring substituents is 1. The lowest BCUT2D eigenvalue weighted by atomic mass is 10.2. The molecule has 0 atom stereocenters. The predicted molar refractivity (Wildman–Crippen MR) is 107 cm³/mol. The summed E-state index contributed by atoms with van der Waals surface area (Å²) in [6, 6.07) is 6.66. The number of urea groups is 1. The van der Waals surface area contributed by atoms with Crippen molar-refractivity contribution in [3.8, 4) is 0 Å². The molecule has 0 bridgehead atoms. The highest BCUT2D eigenvalue weighted by Gasteiger charge is 2.19. The van der Waals surface area contributed by atoms with Gasteiger partial charge in [-0.2, -0.15) is 0 Å². The van der Waals surface area contributed by atoms with Crippen molar-refractivity contribution in [1.82, 2.24) is 10.3 Å². The first-order chi connectivity index (χ1) is 13.5. The molecular weight excluding hydrogens is 444 g/mol. The Morgan fingerprint density at radius 1 is 1.21 bits per heavy atom. The number of nitrogens with zero attached hydrogens (tertiary/aromatic N) is 2. The van der Waals surface area contributed by atoms with Gasteiger partial charge in [-0.15, -0.1) is 0 Å². The summed E-state index contributed by atoms with van der Waals surface area (Å²) in [5.74, 6) is -0.934. The van der Waals surface area contributed by atoms with Crippen LogP contribution in [0.15, 0.2) is 41.3 Å². The number of benzene rings is 2. The number of rotatable bonds is 4. The number of halogens is 1. The number of thiazole rings is 1. The zero-order chi connectivity index (χ0) is 21.3. The van der Waals surface area contributed by atoms with Crippen LogP contribution in [-0.4, -0.2) is 36.5 Å². The van der Waals surface area contributed by atoms with Gasteiger partial charge in [0.15, 0.2) is 15.0 Å². The maximum Gasteiger partial charge on any atom is 0.327 e. The number of imide groups is 1. The number of non-ortho nitro benzene ring substituents is 1. The van der Waals surface area contributed by atoms with Crippen LogP contribution in [0.3, 0.4) is 0 Å². The molecule has 0 aliphatic carbocycles. The van der Waals surface area contributed by atoms with Gasteiger partial charge in [0.1, 0.15) is 0 Å². The largest absolute Gasteiger partial charge is 0.327 e. The Labute approximate surface area is 172 Å². The van der Waals surface area contributed by atoms with Crippen LogP contribution in [0.2, 0.25) is 5.02 Å². The lowest BCUT2D eigenvalue weighted by molar-refractivity contribution is -0.384. The zero-order valence-electron chi connectivity index (χ0n) is 14.5. The normalized spacial score (nSPS) is 11.2. The van der Waals surface area contributed by atoms with Gasteiger partial charge in [0.25, 0.3) is 11.6 Å². The van der Waals surface area contributed by atoms with Gasteiger partial charge in [0, 0.05) is 18.4 Å². The molecule has 10 nitrogen and oxygen atoms in total. The second kappa shape index (κ2) is 7.73. The maximum absolute atomic E-state index is 12.2. The van der Waals surface area contributed by atoms with E-state index in [9.17, 15) is 28.1 Å². The van der Waals surface area contributed by atoms with Crippen molar-refractivity contribution >= 4 is 65.7 Å². The highest BCUT2D eigenvalue weighted by molar-refractivity contribution is 7.90. The first-order valence-corrected chi connectivity index (χ1v) is 10.8. The first kappa shape index (κ1) is 20.6. The highest BCUT2D eigenvalue weighted by Crippen LogP contribution is 2.28. The van der Waals surface area contributed by atoms with Gasteiger partial charge in [-0.3, -0.25) is 25.5 Å². The third kappa shape index (κ3) is 4.67. The molecule has 0 unspecified atom stereocenters. The Balaban J connectivity index is 1.76. The molecule has 3 rings (SSSR count). The molecular formula is C16H11ClN4O6S2. The molecule has 3 amide bonds. The highest BCUT2D eigenvalue weighted by atomic mass is 35.5. The Morgan fingerprint density at radius 3 is 2.59 bits per heavy atom. The van der Waals surface area contributed by atoms with E-state index < -0.39 is 26.7 Å². The topological polar surface area (TPSA) is 148 Å². The molecule has 0 spiro atoms.